The summed E-state index contributed by atoms with van der Waals surface area (Å²) < 4.78 is 18.4. The van der Waals surface area contributed by atoms with Crippen molar-refractivity contribution in [2.24, 2.45) is 0 Å². The zero-order valence-corrected chi connectivity index (χ0v) is 21.1. The number of nitrogens with zero attached hydrogens (tertiary/aromatic N) is 2. The van der Waals surface area contributed by atoms with E-state index in [0.717, 1.165) is 10.2 Å². The van der Waals surface area contributed by atoms with Crippen molar-refractivity contribution < 1.29 is 23.8 Å². The standard InChI is InChI=1S/C26H35N3O6/c1-25(2,3)35-24(32)16-20-15-19(33-26(4,5)34-20)13-14-27-22(30)17-29-23(31)12-11-21(28-29)18-9-7-6-8-10-18/h6-12,19-20H,13-17H2,1-5H3,(H,27,30)/t19-,20-/m1/s1. The molecule has 1 aromatic heterocycles. The van der Waals surface area contributed by atoms with Crippen LogP contribution in [-0.2, 0) is 30.3 Å². The van der Waals surface area contributed by atoms with E-state index >= 15 is 0 Å². The number of ether oxygens (including phenoxy) is 3. The molecular formula is C26H35N3O6. The van der Waals surface area contributed by atoms with Gasteiger partial charge in [0.05, 0.1) is 24.3 Å². The van der Waals surface area contributed by atoms with Crippen molar-refractivity contribution in [3.63, 3.8) is 0 Å². The van der Waals surface area contributed by atoms with Gasteiger partial charge in [0.15, 0.2) is 5.79 Å². The Hall–Kier alpha value is -3.04. The van der Waals surface area contributed by atoms with Crippen molar-refractivity contribution in [2.75, 3.05) is 6.54 Å². The molecule has 35 heavy (non-hydrogen) atoms. The summed E-state index contributed by atoms with van der Waals surface area (Å²) in [4.78, 5) is 36.9. The number of hydrogen-bond donors (Lipinski definition) is 1. The van der Waals surface area contributed by atoms with Crippen LogP contribution in [0.2, 0.25) is 0 Å². The summed E-state index contributed by atoms with van der Waals surface area (Å²) in [6.07, 6.45) is 0.653. The lowest BCUT2D eigenvalue weighted by atomic mass is 10.0. The van der Waals surface area contributed by atoms with Gasteiger partial charge in [-0.15, -0.1) is 0 Å². The fourth-order valence-electron chi connectivity index (χ4n) is 3.98. The van der Waals surface area contributed by atoms with Gasteiger partial charge in [-0.25, -0.2) is 4.68 Å². The molecule has 2 aromatic rings. The first-order chi connectivity index (χ1) is 16.4. The van der Waals surface area contributed by atoms with E-state index in [1.165, 1.54) is 6.07 Å². The Labute approximate surface area is 205 Å². The molecule has 0 unspecified atom stereocenters. The van der Waals surface area contributed by atoms with Gasteiger partial charge in [0.1, 0.15) is 12.1 Å². The van der Waals surface area contributed by atoms with E-state index < -0.39 is 11.4 Å². The average molecular weight is 486 g/mol. The molecule has 1 aromatic carbocycles. The molecular weight excluding hydrogens is 450 g/mol. The Bertz CT molecular complexity index is 1070. The first-order valence-electron chi connectivity index (χ1n) is 11.9. The van der Waals surface area contributed by atoms with Crippen LogP contribution in [0.1, 0.15) is 53.9 Å². The van der Waals surface area contributed by atoms with Crippen molar-refractivity contribution in [1.29, 1.82) is 0 Å². The largest absolute Gasteiger partial charge is 0.460 e. The summed E-state index contributed by atoms with van der Waals surface area (Å²) in [6, 6.07) is 12.5. The predicted octanol–water partition coefficient (Wildman–Crippen LogP) is 3.06. The second kappa shape index (κ2) is 11.1. The van der Waals surface area contributed by atoms with E-state index in [2.05, 4.69) is 10.4 Å². The first-order valence-corrected chi connectivity index (χ1v) is 11.9. The van der Waals surface area contributed by atoms with Crippen molar-refractivity contribution in [2.45, 2.75) is 84.0 Å². The smallest absolute Gasteiger partial charge is 0.308 e. The normalized spacial score (nSPS) is 19.7. The molecule has 0 saturated carbocycles. The molecule has 190 valence electrons. The molecule has 0 aliphatic carbocycles. The molecule has 1 aliphatic rings. The molecule has 2 heterocycles. The molecule has 2 atom stereocenters. The van der Waals surface area contributed by atoms with Gasteiger partial charge in [0.25, 0.3) is 5.56 Å². The average Bonchev–Trinajstić information content (AvgIpc) is 2.73. The second-order valence-corrected chi connectivity index (χ2v) is 10.1. The molecule has 1 amide bonds. The van der Waals surface area contributed by atoms with Gasteiger partial charge in [-0.1, -0.05) is 30.3 Å². The lowest BCUT2D eigenvalue weighted by molar-refractivity contribution is -0.300. The Morgan fingerprint density at radius 2 is 1.80 bits per heavy atom. The van der Waals surface area contributed by atoms with E-state index in [1.807, 2.05) is 51.1 Å². The quantitative estimate of drug-likeness (QED) is 0.573. The summed E-state index contributed by atoms with van der Waals surface area (Å²) in [5, 5.41) is 7.15. The maximum Gasteiger partial charge on any atom is 0.308 e. The summed E-state index contributed by atoms with van der Waals surface area (Å²) in [7, 11) is 0. The summed E-state index contributed by atoms with van der Waals surface area (Å²) in [5.41, 5.74) is 0.576. The molecule has 1 N–H and O–H groups in total. The molecule has 1 saturated heterocycles. The molecule has 9 nitrogen and oxygen atoms in total. The zero-order chi connectivity index (χ0) is 25.6. The number of esters is 1. The molecule has 0 radical (unpaired) electrons. The maximum atomic E-state index is 12.5. The minimum absolute atomic E-state index is 0.138. The van der Waals surface area contributed by atoms with Crippen LogP contribution < -0.4 is 10.9 Å². The minimum Gasteiger partial charge on any atom is -0.460 e. The second-order valence-electron chi connectivity index (χ2n) is 10.1. The van der Waals surface area contributed by atoms with Crippen LogP contribution in [-0.4, -0.2) is 51.8 Å². The molecule has 1 fully saturated rings. The van der Waals surface area contributed by atoms with Crippen molar-refractivity contribution >= 4 is 11.9 Å². The minimum atomic E-state index is -0.852. The number of benzene rings is 1. The topological polar surface area (TPSA) is 109 Å². The van der Waals surface area contributed by atoms with Gasteiger partial charge in [0, 0.05) is 24.6 Å². The third-order valence-corrected chi connectivity index (χ3v) is 5.26. The van der Waals surface area contributed by atoms with Crippen LogP contribution in [0.3, 0.4) is 0 Å². The van der Waals surface area contributed by atoms with Crippen molar-refractivity contribution in [1.82, 2.24) is 15.1 Å². The van der Waals surface area contributed by atoms with Crippen LogP contribution in [0.25, 0.3) is 11.3 Å². The number of hydrogen-bond acceptors (Lipinski definition) is 7. The van der Waals surface area contributed by atoms with Crippen LogP contribution in [0.15, 0.2) is 47.3 Å². The Morgan fingerprint density at radius 1 is 1.11 bits per heavy atom. The third-order valence-electron chi connectivity index (χ3n) is 5.26. The van der Waals surface area contributed by atoms with E-state index in [0.29, 0.717) is 25.1 Å². The van der Waals surface area contributed by atoms with Gasteiger partial charge in [0.2, 0.25) is 5.91 Å². The molecule has 9 heteroatoms. The van der Waals surface area contributed by atoms with Crippen molar-refractivity contribution in [3.05, 3.63) is 52.8 Å². The number of amides is 1. The lowest BCUT2D eigenvalue weighted by Gasteiger charge is -2.40. The molecule has 3 rings (SSSR count). The third kappa shape index (κ3) is 8.60. The van der Waals surface area contributed by atoms with Crippen molar-refractivity contribution in [3.8, 4) is 11.3 Å². The van der Waals surface area contributed by atoms with E-state index in [-0.39, 0.29) is 42.6 Å². The van der Waals surface area contributed by atoms with Gasteiger partial charge < -0.3 is 19.5 Å². The highest BCUT2D eigenvalue weighted by atomic mass is 16.7. The lowest BCUT2D eigenvalue weighted by Crippen LogP contribution is -2.46. The van der Waals surface area contributed by atoms with Crippen LogP contribution in [0.4, 0.5) is 0 Å². The van der Waals surface area contributed by atoms with E-state index in [9.17, 15) is 14.4 Å². The fourth-order valence-corrected chi connectivity index (χ4v) is 3.98. The highest BCUT2D eigenvalue weighted by Gasteiger charge is 2.37. The van der Waals surface area contributed by atoms with Gasteiger partial charge in [-0.2, -0.15) is 5.10 Å². The Balaban J connectivity index is 1.51. The van der Waals surface area contributed by atoms with Crippen LogP contribution >= 0.6 is 0 Å². The predicted molar refractivity (Wildman–Crippen MR) is 130 cm³/mol. The molecule has 0 spiro atoms. The maximum absolute atomic E-state index is 12.5. The highest BCUT2D eigenvalue weighted by Crippen LogP contribution is 2.30. The van der Waals surface area contributed by atoms with Crippen LogP contribution in [0.5, 0.6) is 0 Å². The Morgan fingerprint density at radius 3 is 2.49 bits per heavy atom. The van der Waals surface area contributed by atoms with E-state index in [1.54, 1.807) is 19.9 Å². The monoisotopic (exact) mass is 485 g/mol. The summed E-state index contributed by atoms with van der Waals surface area (Å²) >= 11 is 0. The summed E-state index contributed by atoms with van der Waals surface area (Å²) in [5.74, 6) is -1.49. The van der Waals surface area contributed by atoms with Gasteiger partial charge in [-0.3, -0.25) is 14.4 Å². The number of rotatable bonds is 8. The molecule has 0 bridgehead atoms. The first kappa shape index (κ1) is 26.6. The fraction of sp³-hybridized carbons (Fsp3) is 0.538. The van der Waals surface area contributed by atoms with Gasteiger partial charge >= 0.3 is 5.97 Å². The van der Waals surface area contributed by atoms with E-state index in [4.69, 9.17) is 14.2 Å². The summed E-state index contributed by atoms with van der Waals surface area (Å²) in [6.45, 7) is 9.26. The number of aromatic nitrogens is 2. The SMILES string of the molecule is CC(C)(C)OC(=O)C[C@H]1C[C@@H](CCNC(=O)Cn2nc(-c3ccccc3)ccc2=O)OC(C)(C)O1. The highest BCUT2D eigenvalue weighted by molar-refractivity contribution is 5.75. The van der Waals surface area contributed by atoms with Gasteiger partial charge in [-0.05, 0) is 47.1 Å². The number of nitrogens with one attached hydrogen (secondary N) is 1. The number of carbonyl (C=O) groups excluding carboxylic acids is 2. The number of carbonyl (C=O) groups is 2. The van der Waals surface area contributed by atoms with Crippen LogP contribution in [0, 0.1) is 0 Å². The Kier molecular flexibility index (Phi) is 8.45. The zero-order valence-electron chi connectivity index (χ0n) is 21.1. The molecule has 1 aliphatic heterocycles.